The van der Waals surface area contributed by atoms with Gasteiger partial charge in [-0.3, -0.25) is 4.72 Å². The summed E-state index contributed by atoms with van der Waals surface area (Å²) in [5.74, 6) is 0. The van der Waals surface area contributed by atoms with E-state index in [-0.39, 0.29) is 4.90 Å². The first-order chi connectivity index (χ1) is 8.87. The van der Waals surface area contributed by atoms with Gasteiger partial charge < -0.3 is 0 Å². The first kappa shape index (κ1) is 14.8. The van der Waals surface area contributed by atoms with Crippen molar-refractivity contribution in [2.24, 2.45) is 0 Å². The van der Waals surface area contributed by atoms with E-state index in [4.69, 9.17) is 11.6 Å². The maximum absolute atomic E-state index is 12.2. The SMILES string of the molecule is O=S(=O)(Nc1cc(Br)nc(Br)c1)c1cccc(Cl)c1. The van der Waals surface area contributed by atoms with Gasteiger partial charge in [0.1, 0.15) is 9.21 Å². The highest BCUT2D eigenvalue weighted by Crippen LogP contribution is 2.23. The van der Waals surface area contributed by atoms with Crippen LogP contribution in [0.15, 0.2) is 50.5 Å². The van der Waals surface area contributed by atoms with Crippen LogP contribution in [0.4, 0.5) is 5.69 Å². The molecule has 0 amide bonds. The van der Waals surface area contributed by atoms with E-state index in [9.17, 15) is 8.42 Å². The molecule has 0 radical (unpaired) electrons. The molecule has 0 atom stereocenters. The zero-order chi connectivity index (χ0) is 14.0. The molecule has 8 heteroatoms. The molecule has 100 valence electrons. The zero-order valence-electron chi connectivity index (χ0n) is 9.27. The number of sulfonamides is 1. The predicted octanol–water partition coefficient (Wildman–Crippen LogP) is 4.06. The van der Waals surface area contributed by atoms with Crippen molar-refractivity contribution >= 4 is 59.2 Å². The molecule has 0 unspecified atom stereocenters. The van der Waals surface area contributed by atoms with Crippen molar-refractivity contribution in [2.45, 2.75) is 4.90 Å². The Morgan fingerprint density at radius 3 is 2.32 bits per heavy atom. The second kappa shape index (κ2) is 5.78. The van der Waals surface area contributed by atoms with Crippen LogP contribution in [0.3, 0.4) is 0 Å². The van der Waals surface area contributed by atoms with Crippen molar-refractivity contribution in [2.75, 3.05) is 4.72 Å². The number of aromatic nitrogens is 1. The van der Waals surface area contributed by atoms with E-state index in [0.717, 1.165) is 0 Å². The minimum Gasteiger partial charge on any atom is -0.279 e. The van der Waals surface area contributed by atoms with Gasteiger partial charge in [-0.2, -0.15) is 0 Å². The van der Waals surface area contributed by atoms with Crippen molar-refractivity contribution in [1.29, 1.82) is 0 Å². The van der Waals surface area contributed by atoms with Crippen LogP contribution in [0.2, 0.25) is 5.02 Å². The largest absolute Gasteiger partial charge is 0.279 e. The lowest BCUT2D eigenvalue weighted by Gasteiger charge is -2.09. The molecule has 1 aromatic carbocycles. The molecule has 0 aliphatic rings. The topological polar surface area (TPSA) is 59.1 Å². The summed E-state index contributed by atoms with van der Waals surface area (Å²) in [5.41, 5.74) is 0.397. The van der Waals surface area contributed by atoms with Crippen molar-refractivity contribution in [1.82, 2.24) is 4.98 Å². The third-order valence-corrected chi connectivity index (χ3v) is 4.55. The van der Waals surface area contributed by atoms with Gasteiger partial charge in [-0.15, -0.1) is 0 Å². The number of benzene rings is 1. The number of nitrogens with zero attached hydrogens (tertiary/aromatic N) is 1. The molecule has 1 aromatic heterocycles. The Morgan fingerprint density at radius 2 is 1.74 bits per heavy atom. The molecule has 0 bridgehead atoms. The summed E-state index contributed by atoms with van der Waals surface area (Å²) in [7, 11) is -3.67. The molecule has 0 saturated heterocycles. The van der Waals surface area contributed by atoms with Crippen LogP contribution in [-0.2, 0) is 10.0 Å². The average Bonchev–Trinajstić information content (AvgIpc) is 2.26. The normalized spacial score (nSPS) is 11.3. The van der Waals surface area contributed by atoms with Gasteiger partial charge in [0.25, 0.3) is 10.0 Å². The number of nitrogens with one attached hydrogen (secondary N) is 1. The van der Waals surface area contributed by atoms with E-state index in [2.05, 4.69) is 41.6 Å². The molecule has 2 aromatic rings. The van der Waals surface area contributed by atoms with Crippen LogP contribution < -0.4 is 4.72 Å². The number of hydrogen-bond donors (Lipinski definition) is 1. The van der Waals surface area contributed by atoms with E-state index < -0.39 is 10.0 Å². The zero-order valence-corrected chi connectivity index (χ0v) is 14.0. The number of rotatable bonds is 3. The summed E-state index contributed by atoms with van der Waals surface area (Å²) in [5, 5.41) is 0.361. The predicted molar refractivity (Wildman–Crippen MR) is 81.9 cm³/mol. The number of halogens is 3. The summed E-state index contributed by atoms with van der Waals surface area (Å²) in [4.78, 5) is 4.13. The lowest BCUT2D eigenvalue weighted by atomic mass is 10.4. The summed E-state index contributed by atoms with van der Waals surface area (Å²) in [6.45, 7) is 0. The second-order valence-corrected chi connectivity index (χ2v) is 7.31. The van der Waals surface area contributed by atoms with Crippen LogP contribution in [0.5, 0.6) is 0 Å². The fraction of sp³-hybridized carbons (Fsp3) is 0. The molecule has 0 saturated carbocycles. The Bertz CT molecular complexity index is 702. The second-order valence-electron chi connectivity index (χ2n) is 3.56. The van der Waals surface area contributed by atoms with Crippen LogP contribution in [0.1, 0.15) is 0 Å². The van der Waals surface area contributed by atoms with Crippen molar-refractivity contribution in [3.63, 3.8) is 0 Å². The third-order valence-electron chi connectivity index (χ3n) is 2.12. The van der Waals surface area contributed by atoms with Gasteiger partial charge in [-0.25, -0.2) is 13.4 Å². The molecule has 2 rings (SSSR count). The van der Waals surface area contributed by atoms with Crippen LogP contribution in [0.25, 0.3) is 0 Å². The Kier molecular flexibility index (Phi) is 4.50. The highest BCUT2D eigenvalue weighted by molar-refractivity contribution is 9.11. The molecule has 1 heterocycles. The van der Waals surface area contributed by atoms with E-state index in [1.165, 1.54) is 12.1 Å². The average molecular weight is 427 g/mol. The minimum atomic E-state index is -3.67. The fourth-order valence-electron chi connectivity index (χ4n) is 1.37. The van der Waals surface area contributed by atoms with Crippen LogP contribution in [-0.4, -0.2) is 13.4 Å². The summed E-state index contributed by atoms with van der Waals surface area (Å²) >= 11 is 12.2. The van der Waals surface area contributed by atoms with Crippen molar-refractivity contribution in [3.8, 4) is 0 Å². The van der Waals surface area contributed by atoms with Gasteiger partial charge in [-0.05, 0) is 62.2 Å². The summed E-state index contributed by atoms with van der Waals surface area (Å²) in [6.07, 6.45) is 0. The van der Waals surface area contributed by atoms with Crippen LogP contribution in [0, 0.1) is 0 Å². The quantitative estimate of drug-likeness (QED) is 0.753. The fourth-order valence-corrected chi connectivity index (χ4v) is 3.83. The summed E-state index contributed by atoms with van der Waals surface area (Å²) in [6, 6.07) is 9.17. The molecular formula is C11H7Br2ClN2O2S. The molecule has 0 aliphatic carbocycles. The van der Waals surface area contributed by atoms with Gasteiger partial charge in [-0.1, -0.05) is 17.7 Å². The number of anilines is 1. The Hall–Kier alpha value is -0.630. The molecule has 4 nitrogen and oxygen atoms in total. The van der Waals surface area contributed by atoms with Gasteiger partial charge in [0.05, 0.1) is 10.6 Å². The number of hydrogen-bond acceptors (Lipinski definition) is 3. The standard InChI is InChI=1S/C11H7Br2ClN2O2S/c12-10-5-8(6-11(13)15-10)16-19(17,18)9-3-1-2-7(14)4-9/h1-6H,(H,15,16). The molecule has 19 heavy (non-hydrogen) atoms. The Morgan fingerprint density at radius 1 is 1.11 bits per heavy atom. The number of pyridine rings is 1. The molecule has 0 spiro atoms. The minimum absolute atomic E-state index is 0.101. The van der Waals surface area contributed by atoms with E-state index in [0.29, 0.717) is 19.9 Å². The van der Waals surface area contributed by atoms with E-state index in [1.807, 2.05) is 0 Å². The van der Waals surface area contributed by atoms with Gasteiger partial charge in [0.2, 0.25) is 0 Å². The van der Waals surface area contributed by atoms with Gasteiger partial charge in [0.15, 0.2) is 0 Å². The highest BCUT2D eigenvalue weighted by atomic mass is 79.9. The van der Waals surface area contributed by atoms with Gasteiger partial charge in [0, 0.05) is 5.02 Å². The first-order valence-electron chi connectivity index (χ1n) is 4.98. The van der Waals surface area contributed by atoms with E-state index >= 15 is 0 Å². The molecule has 1 N–H and O–H groups in total. The van der Waals surface area contributed by atoms with Crippen molar-refractivity contribution < 1.29 is 8.42 Å². The Labute approximate surface area is 132 Å². The van der Waals surface area contributed by atoms with Crippen LogP contribution >= 0.6 is 43.5 Å². The van der Waals surface area contributed by atoms with E-state index in [1.54, 1.807) is 24.3 Å². The maximum atomic E-state index is 12.2. The molecular weight excluding hydrogens is 419 g/mol. The smallest absolute Gasteiger partial charge is 0.261 e. The summed E-state index contributed by atoms with van der Waals surface area (Å²) < 4.78 is 27.8. The monoisotopic (exact) mass is 424 g/mol. The molecule has 0 fully saturated rings. The van der Waals surface area contributed by atoms with Gasteiger partial charge >= 0.3 is 0 Å². The van der Waals surface area contributed by atoms with Crippen molar-refractivity contribution in [3.05, 3.63) is 50.6 Å². The lowest BCUT2D eigenvalue weighted by molar-refractivity contribution is 0.601. The first-order valence-corrected chi connectivity index (χ1v) is 8.43. The lowest BCUT2D eigenvalue weighted by Crippen LogP contribution is -2.13. The Balaban J connectivity index is 2.36. The third kappa shape index (κ3) is 3.92. The highest BCUT2D eigenvalue weighted by Gasteiger charge is 2.15. The maximum Gasteiger partial charge on any atom is 0.261 e. The molecule has 0 aliphatic heterocycles.